The van der Waals surface area contributed by atoms with Gasteiger partial charge in [-0.05, 0) is 18.6 Å². The van der Waals surface area contributed by atoms with Crippen molar-refractivity contribution in [2.75, 3.05) is 11.5 Å². The van der Waals surface area contributed by atoms with E-state index in [0.717, 1.165) is 0 Å². The molecule has 0 saturated carbocycles. The molecule has 0 atom stereocenters. The van der Waals surface area contributed by atoms with Gasteiger partial charge in [-0.25, -0.2) is 8.42 Å². The van der Waals surface area contributed by atoms with Gasteiger partial charge in [0.1, 0.15) is 0 Å². The molecule has 0 spiro atoms. The molecule has 0 unspecified atom stereocenters. The second-order valence-electron chi connectivity index (χ2n) is 2.86. The Balaban J connectivity index is 0.00000169. The van der Waals surface area contributed by atoms with Crippen molar-refractivity contribution < 1.29 is 8.42 Å². The van der Waals surface area contributed by atoms with Gasteiger partial charge in [0, 0.05) is 0 Å². The summed E-state index contributed by atoms with van der Waals surface area (Å²) in [6.45, 7) is 1.83. The van der Waals surface area contributed by atoms with Gasteiger partial charge in [0.15, 0.2) is 9.84 Å². The van der Waals surface area contributed by atoms with Crippen LogP contribution in [-0.2, 0) is 9.84 Å². The van der Waals surface area contributed by atoms with Gasteiger partial charge in [-0.2, -0.15) is 0 Å². The van der Waals surface area contributed by atoms with Gasteiger partial charge in [-0.15, -0.1) is 12.4 Å². The summed E-state index contributed by atoms with van der Waals surface area (Å²) >= 11 is 0. The monoisotopic (exact) mass is 235 g/mol. The molecule has 1 rings (SSSR count). The second kappa shape index (κ2) is 5.22. The van der Waals surface area contributed by atoms with Crippen molar-refractivity contribution in [3.05, 3.63) is 24.3 Å². The first-order valence-corrected chi connectivity index (χ1v) is 5.80. The lowest BCUT2D eigenvalue weighted by Crippen LogP contribution is -2.08. The van der Waals surface area contributed by atoms with Crippen LogP contribution in [0.4, 0.5) is 5.69 Å². The van der Waals surface area contributed by atoms with E-state index < -0.39 is 9.84 Å². The van der Waals surface area contributed by atoms with Gasteiger partial charge in [0.25, 0.3) is 0 Å². The lowest BCUT2D eigenvalue weighted by Gasteiger charge is -2.04. The van der Waals surface area contributed by atoms with E-state index in [1.54, 1.807) is 24.3 Å². The van der Waals surface area contributed by atoms with Crippen molar-refractivity contribution >= 4 is 27.9 Å². The van der Waals surface area contributed by atoms with Crippen LogP contribution in [0.1, 0.15) is 13.3 Å². The molecule has 3 nitrogen and oxygen atoms in total. The number of hydrogen-bond donors (Lipinski definition) is 1. The molecule has 14 heavy (non-hydrogen) atoms. The minimum Gasteiger partial charge on any atom is -0.398 e. The highest BCUT2D eigenvalue weighted by Gasteiger charge is 2.15. The van der Waals surface area contributed by atoms with Crippen LogP contribution < -0.4 is 5.73 Å². The lowest BCUT2D eigenvalue weighted by atomic mass is 10.3. The average molecular weight is 236 g/mol. The predicted molar refractivity (Wildman–Crippen MR) is 60.4 cm³/mol. The zero-order valence-corrected chi connectivity index (χ0v) is 9.57. The van der Waals surface area contributed by atoms with E-state index >= 15 is 0 Å². The maximum absolute atomic E-state index is 11.6. The number of benzene rings is 1. The van der Waals surface area contributed by atoms with E-state index in [4.69, 9.17) is 5.73 Å². The van der Waals surface area contributed by atoms with Crippen LogP contribution in [0.3, 0.4) is 0 Å². The number of sulfone groups is 1. The zero-order valence-electron chi connectivity index (χ0n) is 7.93. The summed E-state index contributed by atoms with van der Waals surface area (Å²) in [7, 11) is -3.17. The van der Waals surface area contributed by atoms with E-state index in [0.29, 0.717) is 12.1 Å². The normalized spacial score (nSPS) is 10.6. The Bertz CT molecular complexity index is 390. The van der Waals surface area contributed by atoms with E-state index in [-0.39, 0.29) is 23.1 Å². The molecule has 5 heteroatoms. The maximum atomic E-state index is 11.6. The highest BCUT2D eigenvalue weighted by atomic mass is 35.5. The molecule has 0 amide bonds. The molecule has 1 aromatic rings. The van der Waals surface area contributed by atoms with Crippen LogP contribution in [0.15, 0.2) is 29.2 Å². The first kappa shape index (κ1) is 13.3. The number of halogens is 1. The summed E-state index contributed by atoms with van der Waals surface area (Å²) in [4.78, 5) is 0.247. The number of hydrogen-bond acceptors (Lipinski definition) is 3. The highest BCUT2D eigenvalue weighted by Crippen LogP contribution is 2.18. The van der Waals surface area contributed by atoms with Gasteiger partial charge in [0.05, 0.1) is 16.3 Å². The number of anilines is 1. The summed E-state index contributed by atoms with van der Waals surface area (Å²) < 4.78 is 23.1. The summed E-state index contributed by atoms with van der Waals surface area (Å²) in [6, 6.07) is 6.54. The van der Waals surface area contributed by atoms with E-state index in [1.165, 1.54) is 0 Å². The van der Waals surface area contributed by atoms with E-state index in [2.05, 4.69) is 0 Å². The van der Waals surface area contributed by atoms with E-state index in [1.807, 2.05) is 6.92 Å². The quantitative estimate of drug-likeness (QED) is 0.814. The molecule has 0 aromatic heterocycles. The number of rotatable bonds is 3. The summed E-state index contributed by atoms with van der Waals surface area (Å²) in [5.41, 5.74) is 5.89. The van der Waals surface area contributed by atoms with Crippen molar-refractivity contribution in [3.63, 3.8) is 0 Å². The molecule has 1 aromatic carbocycles. The third-order valence-corrected chi connectivity index (χ3v) is 3.71. The van der Waals surface area contributed by atoms with Crippen LogP contribution in [0, 0.1) is 0 Å². The molecule has 0 heterocycles. The maximum Gasteiger partial charge on any atom is 0.180 e. The van der Waals surface area contributed by atoms with Crippen LogP contribution in [0.25, 0.3) is 0 Å². The van der Waals surface area contributed by atoms with Crippen molar-refractivity contribution in [1.82, 2.24) is 0 Å². The fourth-order valence-electron chi connectivity index (χ4n) is 1.14. The Labute approximate surface area is 90.6 Å². The summed E-state index contributed by atoms with van der Waals surface area (Å²) in [6.07, 6.45) is 0.608. The molecular formula is C9H14ClNO2S. The Morgan fingerprint density at radius 3 is 2.36 bits per heavy atom. The third-order valence-electron chi connectivity index (χ3n) is 1.73. The molecule has 0 saturated heterocycles. The Kier molecular flexibility index (Phi) is 4.94. The van der Waals surface area contributed by atoms with Crippen LogP contribution in [0.2, 0.25) is 0 Å². The molecule has 0 bridgehead atoms. The lowest BCUT2D eigenvalue weighted by molar-refractivity contribution is 0.595. The second-order valence-corrected chi connectivity index (χ2v) is 4.93. The Morgan fingerprint density at radius 2 is 1.86 bits per heavy atom. The molecule has 0 aliphatic rings. The van der Waals surface area contributed by atoms with E-state index in [9.17, 15) is 8.42 Å². The van der Waals surface area contributed by atoms with Crippen molar-refractivity contribution in [2.24, 2.45) is 0 Å². The van der Waals surface area contributed by atoms with Gasteiger partial charge in [-0.3, -0.25) is 0 Å². The minimum atomic E-state index is -3.17. The zero-order chi connectivity index (χ0) is 9.90. The standard InChI is InChI=1S/C9H13NO2S.ClH/c1-2-7-13(11,12)9-6-4-3-5-8(9)10;/h3-6H,2,7,10H2,1H3;1H. The number of para-hydroxylation sites is 1. The third kappa shape index (κ3) is 2.89. The van der Waals surface area contributed by atoms with Gasteiger partial charge in [-0.1, -0.05) is 19.1 Å². The first-order chi connectivity index (χ1) is 6.08. The van der Waals surface area contributed by atoms with Gasteiger partial charge in [0.2, 0.25) is 0 Å². The fourth-order valence-corrected chi connectivity index (χ4v) is 2.61. The SMILES string of the molecule is CCCS(=O)(=O)c1ccccc1N.Cl. The van der Waals surface area contributed by atoms with Crippen LogP contribution in [0.5, 0.6) is 0 Å². The summed E-state index contributed by atoms with van der Waals surface area (Å²) in [5, 5.41) is 0. The van der Waals surface area contributed by atoms with Crippen LogP contribution in [-0.4, -0.2) is 14.2 Å². The molecule has 0 radical (unpaired) electrons. The van der Waals surface area contributed by atoms with Crippen molar-refractivity contribution in [3.8, 4) is 0 Å². The molecule has 0 aliphatic carbocycles. The fraction of sp³-hybridized carbons (Fsp3) is 0.333. The van der Waals surface area contributed by atoms with Crippen LogP contribution >= 0.6 is 12.4 Å². The smallest absolute Gasteiger partial charge is 0.180 e. The molecule has 80 valence electrons. The predicted octanol–water partition coefficient (Wildman–Crippen LogP) is 1.87. The minimum absolute atomic E-state index is 0. The molecule has 2 N–H and O–H groups in total. The van der Waals surface area contributed by atoms with Gasteiger partial charge >= 0.3 is 0 Å². The van der Waals surface area contributed by atoms with Crippen molar-refractivity contribution in [1.29, 1.82) is 0 Å². The first-order valence-electron chi connectivity index (χ1n) is 4.15. The topological polar surface area (TPSA) is 60.2 Å². The number of nitrogen functional groups attached to an aromatic ring is 1. The van der Waals surface area contributed by atoms with Gasteiger partial charge < -0.3 is 5.73 Å². The number of nitrogens with two attached hydrogens (primary N) is 1. The largest absolute Gasteiger partial charge is 0.398 e. The average Bonchev–Trinajstić information content (AvgIpc) is 2.04. The molecule has 0 aliphatic heterocycles. The molecular weight excluding hydrogens is 222 g/mol. The Hall–Kier alpha value is -0.740. The Morgan fingerprint density at radius 1 is 1.29 bits per heavy atom. The highest BCUT2D eigenvalue weighted by molar-refractivity contribution is 7.91. The van der Waals surface area contributed by atoms with Crippen molar-refractivity contribution in [2.45, 2.75) is 18.2 Å². The molecule has 0 fully saturated rings. The summed E-state index contributed by atoms with van der Waals surface area (Å²) in [5.74, 6) is 0.154.